The molecule has 0 spiro atoms. The zero-order chi connectivity index (χ0) is 39.6. The lowest BCUT2D eigenvalue weighted by Gasteiger charge is -2.47. The highest BCUT2D eigenvalue weighted by molar-refractivity contribution is 5.91. The molecule has 0 aliphatic carbocycles. The van der Waals surface area contributed by atoms with E-state index in [1.165, 1.54) is 55.6 Å². The second-order valence-electron chi connectivity index (χ2n) is 12.8. The number of ether oxygens (including phenoxy) is 8. The number of carbonyl (C=O) groups is 4. The largest absolute Gasteiger partial charge is 0.459 e. The van der Waals surface area contributed by atoms with Crippen LogP contribution in [0.2, 0.25) is 0 Å². The molecule has 3 N–H and O–H groups in total. The molecular weight excluding hydrogens is 732 g/mol. The van der Waals surface area contributed by atoms with Crippen molar-refractivity contribution < 1.29 is 72.4 Å². The number of hydrogen-bond acceptors (Lipinski definition) is 15. The van der Waals surface area contributed by atoms with Gasteiger partial charge in [-0.15, -0.1) is 0 Å². The van der Waals surface area contributed by atoms with Crippen LogP contribution in [0, 0.1) is 0 Å². The SMILES string of the molecule is CO[C@@H]1O[C@H](CO)[C@H](O)[C@H](O)[C@H]1O[C@@H]1O[C@H](COC(=O)c2ccccc2)[C@@H](OC(=O)c2ccccc2)[C@H](OC(=O)c2ccccc2)[C@H]1OC(=O)c1ccccc1. The summed E-state index contributed by atoms with van der Waals surface area (Å²) in [5.74, 6) is -3.51. The normalized spacial score (nSPS) is 27.4. The van der Waals surface area contributed by atoms with Crippen molar-refractivity contribution in [1.82, 2.24) is 0 Å². The molecule has 0 bridgehead atoms. The predicted octanol–water partition coefficient (Wildman–Crippen LogP) is 2.72. The molecule has 56 heavy (non-hydrogen) atoms. The fraction of sp³-hybridized carbons (Fsp3) is 0.317. The fourth-order valence-electron chi connectivity index (χ4n) is 6.18. The van der Waals surface area contributed by atoms with Crippen molar-refractivity contribution in [3.05, 3.63) is 144 Å². The van der Waals surface area contributed by atoms with E-state index in [0.29, 0.717) is 0 Å². The number of aliphatic hydroxyl groups is 3. The zero-order valence-corrected chi connectivity index (χ0v) is 30.0. The van der Waals surface area contributed by atoms with Crippen molar-refractivity contribution in [3.8, 4) is 0 Å². The van der Waals surface area contributed by atoms with Gasteiger partial charge in [0.15, 0.2) is 30.9 Å². The van der Waals surface area contributed by atoms with Crippen LogP contribution in [0.3, 0.4) is 0 Å². The maximum absolute atomic E-state index is 13.8. The maximum atomic E-state index is 13.8. The monoisotopic (exact) mass is 772 g/mol. The van der Waals surface area contributed by atoms with Crippen molar-refractivity contribution in [2.75, 3.05) is 20.3 Å². The van der Waals surface area contributed by atoms with Crippen LogP contribution in [0.1, 0.15) is 41.4 Å². The van der Waals surface area contributed by atoms with Gasteiger partial charge in [-0.2, -0.15) is 0 Å². The molecule has 2 aliphatic rings. The third-order valence-electron chi connectivity index (χ3n) is 9.09. The first-order valence-corrected chi connectivity index (χ1v) is 17.6. The molecular formula is C41H40O15. The molecule has 4 aromatic rings. The number of aliphatic hydroxyl groups excluding tert-OH is 3. The summed E-state index contributed by atoms with van der Waals surface area (Å²) in [6.45, 7) is -1.30. The van der Waals surface area contributed by atoms with Crippen LogP contribution in [-0.2, 0) is 37.9 Å². The van der Waals surface area contributed by atoms with Gasteiger partial charge in [0.25, 0.3) is 0 Å². The molecule has 4 aromatic carbocycles. The van der Waals surface area contributed by atoms with Crippen LogP contribution in [0.15, 0.2) is 121 Å². The van der Waals surface area contributed by atoms with E-state index in [9.17, 15) is 34.5 Å². The van der Waals surface area contributed by atoms with Gasteiger partial charge in [0.05, 0.1) is 28.9 Å². The van der Waals surface area contributed by atoms with Crippen molar-refractivity contribution in [2.45, 2.75) is 61.4 Å². The highest BCUT2D eigenvalue weighted by atomic mass is 16.8. The Hall–Kier alpha value is -5.52. The summed E-state index contributed by atoms with van der Waals surface area (Å²) in [4.78, 5) is 54.5. The van der Waals surface area contributed by atoms with Gasteiger partial charge in [0.1, 0.15) is 37.1 Å². The topological polar surface area (TPSA) is 203 Å². The summed E-state index contributed by atoms with van der Waals surface area (Å²) >= 11 is 0. The van der Waals surface area contributed by atoms with E-state index in [4.69, 9.17) is 37.9 Å². The molecule has 2 fully saturated rings. The molecule has 0 amide bonds. The van der Waals surface area contributed by atoms with E-state index in [1.807, 2.05) is 0 Å². The Balaban J connectivity index is 1.43. The highest BCUT2D eigenvalue weighted by Gasteiger charge is 2.56. The fourth-order valence-corrected chi connectivity index (χ4v) is 6.18. The van der Waals surface area contributed by atoms with Gasteiger partial charge in [-0.25, -0.2) is 19.2 Å². The van der Waals surface area contributed by atoms with Crippen LogP contribution in [0.4, 0.5) is 0 Å². The lowest BCUT2D eigenvalue weighted by molar-refractivity contribution is -0.363. The number of benzene rings is 4. The second kappa shape index (κ2) is 18.9. The van der Waals surface area contributed by atoms with Gasteiger partial charge < -0.3 is 53.2 Å². The zero-order valence-electron chi connectivity index (χ0n) is 30.0. The van der Waals surface area contributed by atoms with E-state index >= 15 is 0 Å². The number of esters is 4. The Morgan fingerprint density at radius 2 is 0.929 bits per heavy atom. The average Bonchev–Trinajstić information content (AvgIpc) is 3.24. The average molecular weight is 773 g/mol. The van der Waals surface area contributed by atoms with Crippen LogP contribution in [0.25, 0.3) is 0 Å². The summed E-state index contributed by atoms with van der Waals surface area (Å²) in [6, 6.07) is 31.5. The quantitative estimate of drug-likeness (QED) is 0.132. The molecule has 0 saturated carbocycles. The molecule has 2 heterocycles. The first-order chi connectivity index (χ1) is 27.2. The first kappa shape index (κ1) is 40.2. The molecule has 0 unspecified atom stereocenters. The molecule has 15 heteroatoms. The van der Waals surface area contributed by atoms with Gasteiger partial charge in [-0.05, 0) is 48.5 Å². The summed E-state index contributed by atoms with van der Waals surface area (Å²) < 4.78 is 47.2. The van der Waals surface area contributed by atoms with Gasteiger partial charge in [-0.1, -0.05) is 72.8 Å². The Bertz CT molecular complexity index is 1890. The lowest BCUT2D eigenvalue weighted by atomic mass is 9.96. The van der Waals surface area contributed by atoms with Gasteiger partial charge in [0, 0.05) is 7.11 Å². The lowest BCUT2D eigenvalue weighted by Crippen LogP contribution is -2.66. The number of carbonyl (C=O) groups excluding carboxylic acids is 4. The molecule has 15 nitrogen and oxygen atoms in total. The van der Waals surface area contributed by atoms with Crippen LogP contribution < -0.4 is 0 Å². The van der Waals surface area contributed by atoms with Crippen molar-refractivity contribution in [2.24, 2.45) is 0 Å². The van der Waals surface area contributed by atoms with Gasteiger partial charge in [-0.3, -0.25) is 0 Å². The maximum Gasteiger partial charge on any atom is 0.338 e. The third kappa shape index (κ3) is 9.46. The highest BCUT2D eigenvalue weighted by Crippen LogP contribution is 2.35. The minimum atomic E-state index is -1.82. The van der Waals surface area contributed by atoms with Crippen LogP contribution in [-0.4, -0.2) is 121 Å². The molecule has 0 radical (unpaired) electrons. The van der Waals surface area contributed by atoms with Crippen molar-refractivity contribution >= 4 is 23.9 Å². The van der Waals surface area contributed by atoms with Crippen LogP contribution >= 0.6 is 0 Å². The molecule has 2 aliphatic heterocycles. The number of hydrogen-bond donors (Lipinski definition) is 3. The third-order valence-corrected chi connectivity index (χ3v) is 9.09. The number of methoxy groups -OCH3 is 1. The van der Waals surface area contributed by atoms with Crippen LogP contribution in [0.5, 0.6) is 0 Å². The Labute approximate surface area is 321 Å². The first-order valence-electron chi connectivity index (χ1n) is 17.6. The van der Waals surface area contributed by atoms with Crippen molar-refractivity contribution in [1.29, 1.82) is 0 Å². The van der Waals surface area contributed by atoms with E-state index in [0.717, 1.165) is 0 Å². The standard InChI is InChI=1S/C41H40O15/c1-49-40-33(31(44)30(43)28(22-42)51-40)56-41-35(55-39(48)27-20-12-5-13-21-27)34(54-38(47)26-18-10-4-11-19-26)32(53-37(46)25-16-8-3-9-17-25)29(52-41)23-50-36(45)24-14-6-2-7-15-24/h2-21,28-35,40-44H,22-23H2,1H3/t28-,29-,30+,31+,32-,33-,34+,35-,40-,41+/m1/s1. The summed E-state index contributed by atoms with van der Waals surface area (Å²) in [7, 11) is 1.23. The van der Waals surface area contributed by atoms with E-state index in [1.54, 1.807) is 72.8 Å². The molecule has 10 atom stereocenters. The number of rotatable bonds is 13. The molecule has 294 valence electrons. The molecule has 2 saturated heterocycles. The van der Waals surface area contributed by atoms with Crippen molar-refractivity contribution in [3.63, 3.8) is 0 Å². The van der Waals surface area contributed by atoms with Gasteiger partial charge >= 0.3 is 23.9 Å². The molecule has 0 aromatic heterocycles. The molecule has 6 rings (SSSR count). The van der Waals surface area contributed by atoms with E-state index in [-0.39, 0.29) is 22.3 Å². The minimum absolute atomic E-state index is 0.0770. The van der Waals surface area contributed by atoms with Gasteiger partial charge in [0.2, 0.25) is 0 Å². The van der Waals surface area contributed by atoms with E-state index in [2.05, 4.69) is 0 Å². The Morgan fingerprint density at radius 3 is 1.38 bits per heavy atom. The Kier molecular flexibility index (Phi) is 13.5. The predicted molar refractivity (Wildman–Crippen MR) is 192 cm³/mol. The smallest absolute Gasteiger partial charge is 0.338 e. The second-order valence-corrected chi connectivity index (χ2v) is 12.8. The summed E-state index contributed by atoms with van der Waals surface area (Å²) in [6.07, 6.45) is -16.2. The minimum Gasteiger partial charge on any atom is -0.459 e. The Morgan fingerprint density at radius 1 is 0.518 bits per heavy atom. The summed E-state index contributed by atoms with van der Waals surface area (Å²) in [5.41, 5.74) is 0.454. The summed E-state index contributed by atoms with van der Waals surface area (Å²) in [5, 5.41) is 31.8. The van der Waals surface area contributed by atoms with E-state index < -0.39 is 98.5 Å².